The van der Waals surface area contributed by atoms with Gasteiger partial charge >= 0.3 is 0 Å². The lowest BCUT2D eigenvalue weighted by molar-refractivity contribution is 0.600. The molecule has 20 heavy (non-hydrogen) atoms. The van der Waals surface area contributed by atoms with Crippen molar-refractivity contribution in [2.75, 3.05) is 4.72 Å². The first kappa shape index (κ1) is 14.4. The van der Waals surface area contributed by atoms with Gasteiger partial charge in [-0.2, -0.15) is 0 Å². The number of aryl methyl sites for hydroxylation is 1. The van der Waals surface area contributed by atoms with Gasteiger partial charge in [0, 0.05) is 12.7 Å². The molecule has 0 saturated heterocycles. The van der Waals surface area contributed by atoms with Gasteiger partial charge in [0.1, 0.15) is 10.7 Å². The number of hydrogen-bond donors (Lipinski definition) is 2. The smallest absolute Gasteiger partial charge is 0.263 e. The van der Waals surface area contributed by atoms with E-state index in [0.29, 0.717) is 16.9 Å². The minimum absolute atomic E-state index is 0.0263. The quantitative estimate of drug-likeness (QED) is 0.900. The maximum atomic E-state index is 13.0. The lowest BCUT2D eigenvalue weighted by Gasteiger charge is -2.10. The van der Waals surface area contributed by atoms with E-state index in [1.165, 1.54) is 30.5 Å². The average molecular weight is 295 g/mol. The molecule has 1 aromatic heterocycles. The first-order valence-corrected chi connectivity index (χ1v) is 7.34. The molecule has 0 radical (unpaired) electrons. The SMILES string of the molecule is Cc1cc(F)ccc1NS(=O)(=O)c1ccc(CN)nc1. The first-order chi connectivity index (χ1) is 9.42. The van der Waals surface area contributed by atoms with Crippen LogP contribution in [0.2, 0.25) is 0 Å². The minimum Gasteiger partial charge on any atom is -0.325 e. The molecule has 0 bridgehead atoms. The Hall–Kier alpha value is -1.99. The summed E-state index contributed by atoms with van der Waals surface area (Å²) < 4.78 is 39.7. The highest BCUT2D eigenvalue weighted by molar-refractivity contribution is 7.92. The topological polar surface area (TPSA) is 85.1 Å². The molecule has 1 heterocycles. The molecular weight excluding hydrogens is 281 g/mol. The molecule has 2 aromatic rings. The monoisotopic (exact) mass is 295 g/mol. The second-order valence-corrected chi connectivity index (χ2v) is 5.94. The number of benzene rings is 1. The van der Waals surface area contributed by atoms with E-state index in [4.69, 9.17) is 5.73 Å². The zero-order valence-corrected chi connectivity index (χ0v) is 11.6. The first-order valence-electron chi connectivity index (χ1n) is 5.86. The zero-order chi connectivity index (χ0) is 14.8. The number of anilines is 1. The summed E-state index contributed by atoms with van der Waals surface area (Å²) >= 11 is 0. The number of aromatic nitrogens is 1. The summed E-state index contributed by atoms with van der Waals surface area (Å²) in [6.45, 7) is 1.86. The highest BCUT2D eigenvalue weighted by Gasteiger charge is 2.15. The van der Waals surface area contributed by atoms with Gasteiger partial charge in [-0.15, -0.1) is 0 Å². The number of hydrogen-bond acceptors (Lipinski definition) is 4. The Labute approximate surface area is 116 Å². The predicted octanol–water partition coefficient (Wildman–Crippen LogP) is 1.79. The molecule has 2 rings (SSSR count). The van der Waals surface area contributed by atoms with Crippen LogP contribution in [0.25, 0.3) is 0 Å². The molecule has 0 amide bonds. The maximum absolute atomic E-state index is 13.0. The van der Waals surface area contributed by atoms with Gasteiger partial charge in [-0.05, 0) is 42.8 Å². The van der Waals surface area contributed by atoms with E-state index >= 15 is 0 Å². The van der Waals surface area contributed by atoms with Crippen LogP contribution >= 0.6 is 0 Å². The van der Waals surface area contributed by atoms with Gasteiger partial charge in [0.05, 0.1) is 11.4 Å². The number of pyridine rings is 1. The van der Waals surface area contributed by atoms with Gasteiger partial charge < -0.3 is 5.73 Å². The molecule has 3 N–H and O–H groups in total. The second kappa shape index (κ2) is 5.56. The van der Waals surface area contributed by atoms with Crippen LogP contribution in [0, 0.1) is 12.7 Å². The van der Waals surface area contributed by atoms with E-state index in [1.807, 2.05) is 0 Å². The van der Waals surface area contributed by atoms with Gasteiger partial charge in [-0.1, -0.05) is 0 Å². The van der Waals surface area contributed by atoms with Crippen LogP contribution in [0.15, 0.2) is 41.4 Å². The van der Waals surface area contributed by atoms with E-state index in [9.17, 15) is 12.8 Å². The molecule has 106 valence electrons. The summed E-state index contributed by atoms with van der Waals surface area (Å²) in [5.74, 6) is -0.417. The van der Waals surface area contributed by atoms with Gasteiger partial charge in [0.25, 0.3) is 10.0 Å². The fourth-order valence-electron chi connectivity index (χ4n) is 1.64. The summed E-state index contributed by atoms with van der Waals surface area (Å²) in [4.78, 5) is 3.96. The molecule has 5 nitrogen and oxygen atoms in total. The van der Waals surface area contributed by atoms with Crippen LogP contribution in [0.1, 0.15) is 11.3 Å². The van der Waals surface area contributed by atoms with Crippen molar-refractivity contribution < 1.29 is 12.8 Å². The van der Waals surface area contributed by atoms with Crippen molar-refractivity contribution in [2.24, 2.45) is 5.73 Å². The van der Waals surface area contributed by atoms with Crippen LogP contribution in [0.3, 0.4) is 0 Å². The summed E-state index contributed by atoms with van der Waals surface area (Å²) in [5.41, 5.74) is 6.83. The van der Waals surface area contributed by atoms with Crippen molar-refractivity contribution in [3.63, 3.8) is 0 Å². The Morgan fingerprint density at radius 2 is 2.05 bits per heavy atom. The van der Waals surface area contributed by atoms with E-state index in [-0.39, 0.29) is 11.4 Å². The van der Waals surface area contributed by atoms with Crippen LogP contribution in [-0.2, 0) is 16.6 Å². The number of nitrogens with zero attached hydrogens (tertiary/aromatic N) is 1. The average Bonchev–Trinajstić information content (AvgIpc) is 2.42. The van der Waals surface area contributed by atoms with Crippen molar-refractivity contribution >= 4 is 15.7 Å². The molecule has 0 saturated carbocycles. The molecule has 0 fully saturated rings. The Morgan fingerprint density at radius 3 is 2.60 bits per heavy atom. The third-order valence-electron chi connectivity index (χ3n) is 2.75. The largest absolute Gasteiger partial charge is 0.325 e. The third kappa shape index (κ3) is 3.12. The van der Waals surface area contributed by atoms with Crippen LogP contribution in [0.4, 0.5) is 10.1 Å². The van der Waals surface area contributed by atoms with Crippen molar-refractivity contribution in [3.05, 3.63) is 53.6 Å². The molecule has 1 aromatic carbocycles. The van der Waals surface area contributed by atoms with Crippen LogP contribution in [-0.4, -0.2) is 13.4 Å². The van der Waals surface area contributed by atoms with E-state index in [2.05, 4.69) is 9.71 Å². The zero-order valence-electron chi connectivity index (χ0n) is 10.8. The number of rotatable bonds is 4. The molecule has 0 spiro atoms. The van der Waals surface area contributed by atoms with E-state index in [1.54, 1.807) is 13.0 Å². The van der Waals surface area contributed by atoms with Crippen molar-refractivity contribution in [1.82, 2.24) is 4.98 Å². The minimum atomic E-state index is -3.75. The summed E-state index contributed by atoms with van der Waals surface area (Å²) in [7, 11) is -3.75. The van der Waals surface area contributed by atoms with Gasteiger partial charge in [-0.25, -0.2) is 12.8 Å². The molecule has 0 unspecified atom stereocenters. The predicted molar refractivity (Wildman–Crippen MR) is 74.1 cm³/mol. The number of nitrogens with two attached hydrogens (primary N) is 1. The normalized spacial score (nSPS) is 11.3. The van der Waals surface area contributed by atoms with Gasteiger partial charge in [0.2, 0.25) is 0 Å². The number of halogens is 1. The third-order valence-corrected chi connectivity index (χ3v) is 4.10. The molecule has 0 aliphatic carbocycles. The fraction of sp³-hybridized carbons (Fsp3) is 0.154. The summed E-state index contributed by atoms with van der Waals surface area (Å²) in [6.07, 6.45) is 1.24. The Bertz CT molecular complexity index is 715. The molecule has 7 heteroatoms. The Morgan fingerprint density at radius 1 is 1.30 bits per heavy atom. The van der Waals surface area contributed by atoms with Gasteiger partial charge in [0.15, 0.2) is 0 Å². The molecule has 0 atom stereocenters. The lowest BCUT2D eigenvalue weighted by Crippen LogP contribution is -2.14. The van der Waals surface area contributed by atoms with Crippen molar-refractivity contribution in [3.8, 4) is 0 Å². The van der Waals surface area contributed by atoms with Gasteiger partial charge in [-0.3, -0.25) is 9.71 Å². The Balaban J connectivity index is 2.30. The Kier molecular flexibility index (Phi) is 4.01. The van der Waals surface area contributed by atoms with Crippen LogP contribution < -0.4 is 10.5 Å². The van der Waals surface area contributed by atoms with E-state index in [0.717, 1.165) is 0 Å². The van der Waals surface area contributed by atoms with Crippen molar-refractivity contribution in [2.45, 2.75) is 18.4 Å². The summed E-state index contributed by atoms with van der Waals surface area (Å²) in [5, 5.41) is 0. The lowest BCUT2D eigenvalue weighted by atomic mass is 10.2. The van der Waals surface area contributed by atoms with Crippen molar-refractivity contribution in [1.29, 1.82) is 0 Å². The standard InChI is InChI=1S/C13H14FN3O2S/c1-9-6-10(14)2-5-13(9)17-20(18,19)12-4-3-11(7-15)16-8-12/h2-6,8,17H,7,15H2,1H3. The van der Waals surface area contributed by atoms with E-state index < -0.39 is 15.8 Å². The number of nitrogens with one attached hydrogen (secondary N) is 1. The summed E-state index contributed by atoms with van der Waals surface area (Å²) in [6, 6.07) is 6.81. The molecule has 0 aliphatic heterocycles. The maximum Gasteiger partial charge on any atom is 0.263 e. The molecular formula is C13H14FN3O2S. The second-order valence-electron chi connectivity index (χ2n) is 4.25. The van der Waals surface area contributed by atoms with Crippen LogP contribution in [0.5, 0.6) is 0 Å². The number of sulfonamides is 1. The highest BCUT2D eigenvalue weighted by atomic mass is 32.2. The molecule has 0 aliphatic rings. The fourth-order valence-corrected chi connectivity index (χ4v) is 2.71. The highest BCUT2D eigenvalue weighted by Crippen LogP contribution is 2.20.